The molecule has 0 bridgehead atoms. The zero-order valence-corrected chi connectivity index (χ0v) is 14.1. The maximum absolute atomic E-state index is 12.5. The lowest BCUT2D eigenvalue weighted by Crippen LogP contribution is -2.40. The molecule has 8 heteroatoms. The topological polar surface area (TPSA) is 77.9 Å². The number of carboxylic acid groups (broad SMARTS) is 1. The summed E-state index contributed by atoms with van der Waals surface area (Å²) in [5.74, 6) is -1.20. The molecule has 112 valence electrons. The number of carbonyl (C=O) groups is 1. The smallest absolute Gasteiger partial charge is 0.321 e. The number of hydrogen-bond acceptors (Lipinski definition) is 4. The van der Waals surface area contributed by atoms with Crippen LogP contribution in [0.15, 0.2) is 27.6 Å². The summed E-state index contributed by atoms with van der Waals surface area (Å²) in [7, 11) is 0.952. The Morgan fingerprint density at radius 3 is 2.30 bits per heavy atom. The van der Waals surface area contributed by atoms with Crippen molar-refractivity contribution in [2.45, 2.75) is 17.9 Å². The summed E-state index contributed by atoms with van der Waals surface area (Å²) in [6.45, 7) is 1.32. The molecule has 0 heterocycles. The normalized spacial score (nSPS) is 13.3. The Morgan fingerprint density at radius 2 is 1.85 bits per heavy atom. The molecule has 0 saturated carbocycles. The number of likely N-dealkylation sites (N-methyl/N-ethyl adjacent to an activating group) is 1. The lowest BCUT2D eigenvalue weighted by molar-refractivity contribution is -0.140. The van der Waals surface area contributed by atoms with Crippen molar-refractivity contribution in [2.24, 2.45) is 0 Å². The minimum absolute atomic E-state index is 0.0410. The standard InChI is InChI=1S/C12H17BrN2O4S/c1-8(12(16)17)15(4)20(18,19)11-7-9(14(2)3)5-6-10(11)13/h5-8H,1-4H3,(H,16,17). The quantitative estimate of drug-likeness (QED) is 0.858. The van der Waals surface area contributed by atoms with E-state index in [4.69, 9.17) is 5.11 Å². The summed E-state index contributed by atoms with van der Waals surface area (Å²) in [6, 6.07) is 3.75. The van der Waals surface area contributed by atoms with Gasteiger partial charge in [0.1, 0.15) is 6.04 Å². The van der Waals surface area contributed by atoms with E-state index in [-0.39, 0.29) is 4.90 Å². The number of benzene rings is 1. The van der Waals surface area contributed by atoms with Crippen LogP contribution >= 0.6 is 15.9 Å². The molecular formula is C12H17BrN2O4S. The number of carboxylic acids is 1. The predicted octanol–water partition coefficient (Wildman–Crippen LogP) is 1.61. The van der Waals surface area contributed by atoms with Gasteiger partial charge in [0.25, 0.3) is 0 Å². The number of nitrogens with zero attached hydrogens (tertiary/aromatic N) is 2. The van der Waals surface area contributed by atoms with Gasteiger partial charge < -0.3 is 10.0 Å². The molecule has 0 aromatic heterocycles. The summed E-state index contributed by atoms with van der Waals surface area (Å²) in [6.07, 6.45) is 0. The van der Waals surface area contributed by atoms with Crippen molar-refractivity contribution < 1.29 is 18.3 Å². The van der Waals surface area contributed by atoms with Crippen LogP contribution < -0.4 is 4.90 Å². The third kappa shape index (κ3) is 3.31. The summed E-state index contributed by atoms with van der Waals surface area (Å²) in [4.78, 5) is 12.8. The molecule has 20 heavy (non-hydrogen) atoms. The summed E-state index contributed by atoms with van der Waals surface area (Å²) in [5, 5.41) is 8.95. The number of hydrogen-bond donors (Lipinski definition) is 1. The second kappa shape index (κ2) is 6.11. The monoisotopic (exact) mass is 364 g/mol. The third-order valence-electron chi connectivity index (χ3n) is 2.99. The van der Waals surface area contributed by atoms with Crippen LogP contribution in [0.1, 0.15) is 6.92 Å². The molecule has 1 N–H and O–H groups in total. The second-order valence-corrected chi connectivity index (χ2v) is 7.36. The highest BCUT2D eigenvalue weighted by atomic mass is 79.9. The maximum Gasteiger partial charge on any atom is 0.321 e. The van der Waals surface area contributed by atoms with Crippen LogP contribution in [0.25, 0.3) is 0 Å². The van der Waals surface area contributed by atoms with E-state index in [1.54, 1.807) is 31.1 Å². The van der Waals surface area contributed by atoms with E-state index in [0.29, 0.717) is 10.2 Å². The molecule has 1 aromatic carbocycles. The average molecular weight is 365 g/mol. The van der Waals surface area contributed by atoms with E-state index in [1.807, 2.05) is 0 Å². The van der Waals surface area contributed by atoms with Crippen molar-refractivity contribution in [1.29, 1.82) is 0 Å². The number of halogens is 1. The molecule has 6 nitrogen and oxygen atoms in total. The Bertz CT molecular complexity index is 616. The van der Waals surface area contributed by atoms with E-state index in [2.05, 4.69) is 15.9 Å². The van der Waals surface area contributed by atoms with Gasteiger partial charge in [-0.1, -0.05) is 0 Å². The molecule has 0 amide bonds. The number of sulfonamides is 1. The Morgan fingerprint density at radius 1 is 1.30 bits per heavy atom. The molecule has 0 aliphatic rings. The van der Waals surface area contributed by atoms with Crippen LogP contribution in [-0.4, -0.2) is 51.0 Å². The van der Waals surface area contributed by atoms with Crippen molar-refractivity contribution in [2.75, 3.05) is 26.0 Å². The van der Waals surface area contributed by atoms with Crippen LogP contribution in [0, 0.1) is 0 Å². The first-order valence-electron chi connectivity index (χ1n) is 5.76. The Balaban J connectivity index is 3.35. The average Bonchev–Trinajstić information content (AvgIpc) is 2.36. The van der Waals surface area contributed by atoms with E-state index < -0.39 is 22.0 Å². The first kappa shape index (κ1) is 16.9. The predicted molar refractivity (Wildman–Crippen MR) is 80.5 cm³/mol. The van der Waals surface area contributed by atoms with Crippen LogP contribution in [0.4, 0.5) is 5.69 Å². The molecule has 1 aromatic rings. The van der Waals surface area contributed by atoms with Gasteiger partial charge in [-0.25, -0.2) is 8.42 Å². The largest absolute Gasteiger partial charge is 0.480 e. The van der Waals surface area contributed by atoms with E-state index in [0.717, 1.165) is 4.31 Å². The van der Waals surface area contributed by atoms with Gasteiger partial charge in [0.05, 0.1) is 4.90 Å². The molecule has 1 rings (SSSR count). The van der Waals surface area contributed by atoms with Gasteiger partial charge in [0.15, 0.2) is 0 Å². The highest BCUT2D eigenvalue weighted by molar-refractivity contribution is 9.10. The highest BCUT2D eigenvalue weighted by Crippen LogP contribution is 2.29. The van der Waals surface area contributed by atoms with Crippen molar-refractivity contribution >= 4 is 37.6 Å². The lowest BCUT2D eigenvalue weighted by atomic mass is 10.3. The minimum atomic E-state index is -3.89. The number of rotatable bonds is 5. The van der Waals surface area contributed by atoms with E-state index in [9.17, 15) is 13.2 Å². The van der Waals surface area contributed by atoms with Gasteiger partial charge in [-0.2, -0.15) is 4.31 Å². The molecule has 1 unspecified atom stereocenters. The molecule has 1 atom stereocenters. The van der Waals surface area contributed by atoms with Gasteiger partial charge >= 0.3 is 5.97 Å². The Kier molecular flexibility index (Phi) is 5.17. The van der Waals surface area contributed by atoms with Crippen molar-refractivity contribution in [3.8, 4) is 0 Å². The van der Waals surface area contributed by atoms with E-state index in [1.165, 1.54) is 20.0 Å². The number of aliphatic carboxylic acids is 1. The van der Waals surface area contributed by atoms with Gasteiger partial charge in [-0.3, -0.25) is 4.79 Å². The fraction of sp³-hybridized carbons (Fsp3) is 0.417. The van der Waals surface area contributed by atoms with Gasteiger partial charge in [0.2, 0.25) is 10.0 Å². The molecule has 0 spiro atoms. The van der Waals surface area contributed by atoms with Gasteiger partial charge in [-0.05, 0) is 41.1 Å². The van der Waals surface area contributed by atoms with Crippen LogP contribution in [0.5, 0.6) is 0 Å². The molecule has 0 aliphatic carbocycles. The zero-order chi connectivity index (χ0) is 15.7. The first-order chi connectivity index (χ1) is 9.09. The fourth-order valence-electron chi connectivity index (χ4n) is 1.49. The van der Waals surface area contributed by atoms with E-state index >= 15 is 0 Å². The SMILES string of the molecule is CC(C(=O)O)N(C)S(=O)(=O)c1cc(N(C)C)ccc1Br. The van der Waals surface area contributed by atoms with Crippen LogP contribution in [-0.2, 0) is 14.8 Å². The summed E-state index contributed by atoms with van der Waals surface area (Å²) >= 11 is 3.20. The van der Waals surface area contributed by atoms with Crippen molar-refractivity contribution in [3.63, 3.8) is 0 Å². The van der Waals surface area contributed by atoms with Crippen LogP contribution in [0.2, 0.25) is 0 Å². The third-order valence-corrected chi connectivity index (χ3v) is 5.91. The molecule has 0 saturated heterocycles. The second-order valence-electron chi connectivity index (χ2n) is 4.54. The van der Waals surface area contributed by atoms with Crippen molar-refractivity contribution in [1.82, 2.24) is 4.31 Å². The summed E-state index contributed by atoms with van der Waals surface area (Å²) < 4.78 is 26.2. The molecular weight excluding hydrogens is 348 g/mol. The zero-order valence-electron chi connectivity index (χ0n) is 11.7. The Hall–Kier alpha value is -1.12. The highest BCUT2D eigenvalue weighted by Gasteiger charge is 2.31. The number of anilines is 1. The fourth-order valence-corrected chi connectivity index (χ4v) is 3.75. The van der Waals surface area contributed by atoms with Gasteiger partial charge in [-0.15, -0.1) is 0 Å². The molecule has 0 aliphatic heterocycles. The minimum Gasteiger partial charge on any atom is -0.480 e. The maximum atomic E-state index is 12.5. The van der Waals surface area contributed by atoms with Gasteiger partial charge in [0, 0.05) is 31.3 Å². The first-order valence-corrected chi connectivity index (χ1v) is 8.00. The van der Waals surface area contributed by atoms with Crippen LogP contribution in [0.3, 0.4) is 0 Å². The molecule has 0 radical (unpaired) electrons. The molecule has 0 fully saturated rings. The van der Waals surface area contributed by atoms with Crippen molar-refractivity contribution in [3.05, 3.63) is 22.7 Å². The Labute approximate surface area is 127 Å². The lowest BCUT2D eigenvalue weighted by Gasteiger charge is -2.23. The summed E-state index contributed by atoms with van der Waals surface area (Å²) in [5.41, 5.74) is 0.711.